The Morgan fingerprint density at radius 1 is 1.25 bits per heavy atom. The van der Waals surface area contributed by atoms with Crippen molar-refractivity contribution in [3.63, 3.8) is 0 Å². The Hall–Kier alpha value is -1.37. The largest absolute Gasteiger partial charge is 0.357 e. The highest BCUT2D eigenvalue weighted by Crippen LogP contribution is 2.18. The van der Waals surface area contributed by atoms with E-state index < -0.39 is 0 Å². The van der Waals surface area contributed by atoms with Crippen molar-refractivity contribution in [1.29, 1.82) is 0 Å². The van der Waals surface area contributed by atoms with Crippen LogP contribution in [0.15, 0.2) is 41.5 Å². The molecule has 1 aliphatic rings. The molecule has 130 valence electrons. The van der Waals surface area contributed by atoms with Crippen molar-refractivity contribution in [2.45, 2.75) is 33.2 Å². The quantitative estimate of drug-likeness (QED) is 0.447. The molecule has 0 amide bonds. The van der Waals surface area contributed by atoms with Crippen LogP contribution in [0.5, 0.6) is 0 Å². The molecule has 0 unspecified atom stereocenters. The maximum atomic E-state index is 4.85. The lowest BCUT2D eigenvalue weighted by molar-refractivity contribution is 0.273. The summed E-state index contributed by atoms with van der Waals surface area (Å²) < 4.78 is 0. The van der Waals surface area contributed by atoms with Crippen molar-refractivity contribution in [2.75, 3.05) is 19.6 Å². The van der Waals surface area contributed by atoms with Gasteiger partial charge in [0.15, 0.2) is 5.96 Å². The summed E-state index contributed by atoms with van der Waals surface area (Å²) in [5, 5.41) is 5.86. The average molecular weight is 438 g/mol. The highest BCUT2D eigenvalue weighted by molar-refractivity contribution is 14.0. The average Bonchev–Trinajstić information content (AvgIpc) is 2.59. The molecule has 0 radical (unpaired) electrons. The zero-order chi connectivity index (χ0) is 16.1. The van der Waals surface area contributed by atoms with E-state index in [0.717, 1.165) is 37.2 Å². The smallest absolute Gasteiger partial charge is 0.194 e. The number of nitrogens with one attached hydrogen (secondary N) is 1. The van der Waals surface area contributed by atoms with Gasteiger partial charge in [-0.05, 0) is 37.1 Å². The van der Waals surface area contributed by atoms with Crippen LogP contribution in [0.3, 0.4) is 0 Å². The van der Waals surface area contributed by atoms with E-state index in [1.165, 1.54) is 23.6 Å². The number of pyridine rings is 1. The van der Waals surface area contributed by atoms with Crippen molar-refractivity contribution in [1.82, 2.24) is 15.2 Å². The van der Waals surface area contributed by atoms with E-state index in [9.17, 15) is 0 Å². The van der Waals surface area contributed by atoms with Gasteiger partial charge in [-0.15, -0.1) is 24.0 Å². The van der Waals surface area contributed by atoms with Crippen molar-refractivity contribution in [3.8, 4) is 0 Å². The monoisotopic (exact) mass is 438 g/mol. The molecular weight excluding hydrogens is 411 g/mol. The molecule has 4 nitrogen and oxygen atoms in total. The fourth-order valence-electron chi connectivity index (χ4n) is 3.10. The van der Waals surface area contributed by atoms with Crippen LogP contribution in [0.4, 0.5) is 0 Å². The lowest BCUT2D eigenvalue weighted by atomic mass is 10.00. The standard InChI is InChI=1S/C19H26N4.HI/c1-3-20-19(23-12-9-15(2)10-13-23)22-14-18-17-7-5-4-6-16(17)8-11-21-18;/h4-8,11,15H,3,9-10,12-14H2,1-2H3,(H,20,22);1H. The van der Waals surface area contributed by atoms with Crippen LogP contribution in [-0.4, -0.2) is 35.5 Å². The first kappa shape index (κ1) is 19.0. The molecule has 1 saturated heterocycles. The molecule has 0 aliphatic carbocycles. The molecule has 2 aromatic rings. The second kappa shape index (κ2) is 9.20. The molecule has 1 aliphatic heterocycles. The number of guanidine groups is 1. The van der Waals surface area contributed by atoms with Gasteiger partial charge in [0.05, 0.1) is 12.2 Å². The van der Waals surface area contributed by atoms with Crippen LogP contribution in [-0.2, 0) is 6.54 Å². The van der Waals surface area contributed by atoms with Crippen molar-refractivity contribution in [3.05, 3.63) is 42.2 Å². The van der Waals surface area contributed by atoms with Crippen molar-refractivity contribution >= 4 is 40.7 Å². The van der Waals surface area contributed by atoms with E-state index in [4.69, 9.17) is 4.99 Å². The number of hydrogen-bond donors (Lipinski definition) is 1. The number of likely N-dealkylation sites (tertiary alicyclic amines) is 1. The minimum Gasteiger partial charge on any atom is -0.357 e. The van der Waals surface area contributed by atoms with Crippen molar-refractivity contribution < 1.29 is 0 Å². The molecule has 3 rings (SSSR count). The summed E-state index contributed by atoms with van der Waals surface area (Å²) in [4.78, 5) is 11.8. The SMILES string of the molecule is CCNC(=NCc1nccc2ccccc12)N1CCC(C)CC1.I. The van der Waals surface area contributed by atoms with Gasteiger partial charge < -0.3 is 10.2 Å². The fourth-order valence-corrected chi connectivity index (χ4v) is 3.10. The predicted octanol–water partition coefficient (Wildman–Crippen LogP) is 4.05. The Morgan fingerprint density at radius 3 is 2.75 bits per heavy atom. The molecule has 0 spiro atoms. The molecule has 0 saturated carbocycles. The number of rotatable bonds is 3. The first-order valence-electron chi connectivity index (χ1n) is 8.64. The van der Waals surface area contributed by atoms with Gasteiger partial charge >= 0.3 is 0 Å². The van der Waals surface area contributed by atoms with Crippen LogP contribution in [0, 0.1) is 5.92 Å². The summed E-state index contributed by atoms with van der Waals surface area (Å²) in [7, 11) is 0. The van der Waals surface area contributed by atoms with Crippen LogP contribution >= 0.6 is 24.0 Å². The first-order chi connectivity index (χ1) is 11.3. The molecule has 24 heavy (non-hydrogen) atoms. The maximum absolute atomic E-state index is 4.85. The summed E-state index contributed by atoms with van der Waals surface area (Å²) in [5.41, 5.74) is 1.05. The van der Waals surface area contributed by atoms with E-state index in [2.05, 4.69) is 59.4 Å². The van der Waals surface area contributed by atoms with E-state index in [1.54, 1.807) is 0 Å². The van der Waals surface area contributed by atoms with Crippen LogP contribution < -0.4 is 5.32 Å². The molecule has 1 N–H and O–H groups in total. The highest BCUT2D eigenvalue weighted by atomic mass is 127. The normalized spacial score (nSPS) is 16.1. The van der Waals surface area contributed by atoms with Gasteiger partial charge in [0, 0.05) is 31.2 Å². The maximum Gasteiger partial charge on any atom is 0.194 e. The molecule has 1 fully saturated rings. The van der Waals surface area contributed by atoms with E-state index in [1.807, 2.05) is 6.20 Å². The molecule has 5 heteroatoms. The van der Waals surface area contributed by atoms with Gasteiger partial charge in [0.2, 0.25) is 0 Å². The lowest BCUT2D eigenvalue weighted by Gasteiger charge is -2.33. The first-order valence-corrected chi connectivity index (χ1v) is 8.64. The Balaban J connectivity index is 0.00000208. The zero-order valence-corrected chi connectivity index (χ0v) is 16.9. The van der Waals surface area contributed by atoms with Gasteiger partial charge in [0.1, 0.15) is 0 Å². The highest BCUT2D eigenvalue weighted by Gasteiger charge is 2.18. The lowest BCUT2D eigenvalue weighted by Crippen LogP contribution is -2.45. The fraction of sp³-hybridized carbons (Fsp3) is 0.474. The minimum atomic E-state index is 0. The van der Waals surface area contributed by atoms with Crippen molar-refractivity contribution in [2.24, 2.45) is 10.9 Å². The predicted molar refractivity (Wildman–Crippen MR) is 112 cm³/mol. The third-order valence-electron chi connectivity index (χ3n) is 4.55. The number of hydrogen-bond acceptors (Lipinski definition) is 2. The van der Waals surface area contributed by atoms with Crippen LogP contribution in [0.25, 0.3) is 10.8 Å². The molecular formula is C19H27IN4. The number of aromatic nitrogens is 1. The van der Waals surface area contributed by atoms with Gasteiger partial charge in [-0.3, -0.25) is 4.98 Å². The van der Waals surface area contributed by atoms with Gasteiger partial charge in [-0.2, -0.15) is 0 Å². The van der Waals surface area contributed by atoms with E-state index >= 15 is 0 Å². The number of fused-ring (bicyclic) bond motifs is 1. The number of piperidine rings is 1. The summed E-state index contributed by atoms with van der Waals surface area (Å²) in [5.74, 6) is 1.85. The summed E-state index contributed by atoms with van der Waals surface area (Å²) in [6.07, 6.45) is 4.37. The molecule has 0 bridgehead atoms. The van der Waals surface area contributed by atoms with Gasteiger partial charge in [-0.25, -0.2) is 4.99 Å². The van der Waals surface area contributed by atoms with Crippen LogP contribution in [0.1, 0.15) is 32.4 Å². The Morgan fingerprint density at radius 2 is 2.00 bits per heavy atom. The Kier molecular flexibility index (Phi) is 7.27. The molecule has 2 heterocycles. The topological polar surface area (TPSA) is 40.5 Å². The molecule has 1 aromatic heterocycles. The van der Waals surface area contributed by atoms with Crippen LogP contribution in [0.2, 0.25) is 0 Å². The Labute approximate surface area is 161 Å². The number of halogens is 1. The summed E-state index contributed by atoms with van der Waals surface area (Å²) in [6.45, 7) is 8.16. The zero-order valence-electron chi connectivity index (χ0n) is 14.5. The van der Waals surface area contributed by atoms with E-state index in [0.29, 0.717) is 6.54 Å². The second-order valence-corrected chi connectivity index (χ2v) is 6.32. The summed E-state index contributed by atoms with van der Waals surface area (Å²) >= 11 is 0. The third-order valence-corrected chi connectivity index (χ3v) is 4.55. The summed E-state index contributed by atoms with van der Waals surface area (Å²) in [6, 6.07) is 10.4. The third kappa shape index (κ3) is 4.59. The Bertz CT molecular complexity index is 673. The molecule has 1 aromatic carbocycles. The number of aliphatic imine (C=N–C) groups is 1. The second-order valence-electron chi connectivity index (χ2n) is 6.32. The minimum absolute atomic E-state index is 0. The van der Waals surface area contributed by atoms with Gasteiger partial charge in [0.25, 0.3) is 0 Å². The van der Waals surface area contributed by atoms with Gasteiger partial charge in [-0.1, -0.05) is 31.2 Å². The number of benzene rings is 1. The number of nitrogens with zero attached hydrogens (tertiary/aromatic N) is 3. The molecule has 0 atom stereocenters. The van der Waals surface area contributed by atoms with E-state index in [-0.39, 0.29) is 24.0 Å².